The van der Waals surface area contributed by atoms with E-state index in [-0.39, 0.29) is 36.5 Å². The van der Waals surface area contributed by atoms with Crippen molar-refractivity contribution in [1.29, 1.82) is 0 Å². The Labute approximate surface area is 189 Å². The Hall–Kier alpha value is -2.90. The predicted octanol–water partition coefficient (Wildman–Crippen LogP) is -1.09. The van der Waals surface area contributed by atoms with Gasteiger partial charge in [0.25, 0.3) is 11.8 Å². The summed E-state index contributed by atoms with van der Waals surface area (Å²) >= 11 is 0. The summed E-state index contributed by atoms with van der Waals surface area (Å²) in [6, 6.07) is 18.0. The molecule has 0 saturated carbocycles. The van der Waals surface area contributed by atoms with Gasteiger partial charge >= 0.3 is 0 Å². The molecule has 7 nitrogen and oxygen atoms in total. The second-order valence-corrected chi connectivity index (χ2v) is 7.35. The van der Waals surface area contributed by atoms with Crippen molar-refractivity contribution in [3.8, 4) is 0 Å². The SMILES string of the molecule is [Cl-].[NH3+]CCCCCCNC(=O)CC1C(=O)N(c2ccccc2)N(c2ccccc2)C1=O. The second kappa shape index (κ2) is 12.1. The molecule has 166 valence electrons. The number of nitrogens with zero attached hydrogens (tertiary/aromatic N) is 2. The van der Waals surface area contributed by atoms with E-state index in [1.165, 1.54) is 10.0 Å². The fraction of sp³-hybridized carbons (Fsp3) is 0.348. The van der Waals surface area contributed by atoms with Gasteiger partial charge in [0.15, 0.2) is 0 Å². The number of anilines is 2. The van der Waals surface area contributed by atoms with Gasteiger partial charge in [0.2, 0.25) is 5.91 Å². The van der Waals surface area contributed by atoms with Crippen LogP contribution in [0, 0.1) is 5.92 Å². The minimum absolute atomic E-state index is 0. The summed E-state index contributed by atoms with van der Waals surface area (Å²) in [4.78, 5) is 38.7. The Kier molecular flexibility index (Phi) is 9.49. The number of halogens is 1. The highest BCUT2D eigenvalue weighted by Gasteiger charge is 2.47. The number of nitrogens with one attached hydrogen (secondary N) is 1. The molecule has 1 fully saturated rings. The third kappa shape index (κ3) is 6.06. The number of hydrazine groups is 1. The second-order valence-electron chi connectivity index (χ2n) is 7.35. The molecule has 2 aromatic rings. The van der Waals surface area contributed by atoms with Gasteiger partial charge in [0.1, 0.15) is 5.92 Å². The molecule has 4 N–H and O–H groups in total. The van der Waals surface area contributed by atoms with Gasteiger partial charge in [0, 0.05) is 13.0 Å². The van der Waals surface area contributed by atoms with Crippen LogP contribution in [0.5, 0.6) is 0 Å². The molecule has 31 heavy (non-hydrogen) atoms. The van der Waals surface area contributed by atoms with E-state index >= 15 is 0 Å². The van der Waals surface area contributed by atoms with Crippen LogP contribution in [0.2, 0.25) is 0 Å². The quantitative estimate of drug-likeness (QED) is 0.360. The number of unbranched alkanes of at least 4 members (excludes halogenated alkanes) is 3. The van der Waals surface area contributed by atoms with Crippen LogP contribution in [-0.4, -0.2) is 30.8 Å². The Morgan fingerprint density at radius 2 is 1.29 bits per heavy atom. The summed E-state index contributed by atoms with van der Waals surface area (Å²) in [5, 5.41) is 5.58. The third-order valence-corrected chi connectivity index (χ3v) is 5.10. The molecule has 1 saturated heterocycles. The van der Waals surface area contributed by atoms with Crippen molar-refractivity contribution in [2.75, 3.05) is 23.1 Å². The zero-order valence-electron chi connectivity index (χ0n) is 17.5. The number of rotatable bonds is 10. The van der Waals surface area contributed by atoms with Crippen LogP contribution >= 0.6 is 0 Å². The standard InChI is InChI=1S/C23H28N4O3.ClH/c24-15-9-1-2-10-16-25-21(28)17-20-22(29)26(18-11-5-3-6-12-18)27(23(20)30)19-13-7-4-8-14-19;/h3-8,11-14,20H,1-2,9-10,15-17,24H2,(H,25,28);1H. The molecule has 0 bridgehead atoms. The first-order chi connectivity index (χ1) is 14.6. The normalized spacial score (nSPS) is 14.0. The van der Waals surface area contributed by atoms with Gasteiger partial charge in [-0.25, -0.2) is 10.0 Å². The van der Waals surface area contributed by atoms with E-state index in [1.807, 2.05) is 36.4 Å². The zero-order chi connectivity index (χ0) is 21.3. The Morgan fingerprint density at radius 1 is 0.806 bits per heavy atom. The summed E-state index contributed by atoms with van der Waals surface area (Å²) in [6.07, 6.45) is 3.94. The summed E-state index contributed by atoms with van der Waals surface area (Å²) in [5.41, 5.74) is 5.00. The molecule has 0 radical (unpaired) electrons. The Morgan fingerprint density at radius 3 is 1.77 bits per heavy atom. The van der Waals surface area contributed by atoms with Crippen molar-refractivity contribution in [2.45, 2.75) is 32.1 Å². The van der Waals surface area contributed by atoms with Gasteiger partial charge in [-0.05, 0) is 43.5 Å². The first-order valence-corrected chi connectivity index (χ1v) is 10.5. The van der Waals surface area contributed by atoms with Gasteiger partial charge in [0.05, 0.1) is 17.9 Å². The fourth-order valence-electron chi connectivity index (χ4n) is 3.54. The van der Waals surface area contributed by atoms with Crippen molar-refractivity contribution in [2.24, 2.45) is 5.92 Å². The first-order valence-electron chi connectivity index (χ1n) is 10.5. The van der Waals surface area contributed by atoms with E-state index in [1.54, 1.807) is 24.3 Å². The van der Waals surface area contributed by atoms with E-state index in [0.717, 1.165) is 32.2 Å². The number of amides is 3. The van der Waals surface area contributed by atoms with Crippen LogP contribution in [-0.2, 0) is 14.4 Å². The fourth-order valence-corrected chi connectivity index (χ4v) is 3.54. The van der Waals surface area contributed by atoms with E-state index in [4.69, 9.17) is 0 Å². The lowest BCUT2D eigenvalue weighted by Gasteiger charge is -2.27. The van der Waals surface area contributed by atoms with Crippen molar-refractivity contribution in [3.63, 3.8) is 0 Å². The van der Waals surface area contributed by atoms with Crippen molar-refractivity contribution < 1.29 is 32.5 Å². The summed E-state index contributed by atoms with van der Waals surface area (Å²) in [5.74, 6) is -2.08. The molecule has 0 aliphatic carbocycles. The molecule has 3 amide bonds. The minimum atomic E-state index is -1.03. The van der Waals surface area contributed by atoms with Crippen LogP contribution in [0.25, 0.3) is 0 Å². The van der Waals surface area contributed by atoms with Crippen molar-refractivity contribution in [1.82, 2.24) is 5.32 Å². The number of hydrogen-bond donors (Lipinski definition) is 2. The van der Waals surface area contributed by atoms with Gasteiger partial charge < -0.3 is 23.5 Å². The van der Waals surface area contributed by atoms with Crippen molar-refractivity contribution >= 4 is 29.1 Å². The van der Waals surface area contributed by atoms with Crippen LogP contribution in [0.3, 0.4) is 0 Å². The lowest BCUT2D eigenvalue weighted by Crippen LogP contribution is -3.00. The smallest absolute Gasteiger partial charge is 0.259 e. The third-order valence-electron chi connectivity index (χ3n) is 5.10. The molecule has 8 heteroatoms. The molecule has 0 atom stereocenters. The van der Waals surface area contributed by atoms with Gasteiger partial charge in [-0.1, -0.05) is 42.8 Å². The summed E-state index contributed by atoms with van der Waals surface area (Å²) < 4.78 is 0. The molecule has 1 aliphatic rings. The van der Waals surface area contributed by atoms with Crippen LogP contribution in [0.4, 0.5) is 11.4 Å². The highest BCUT2D eigenvalue weighted by Crippen LogP contribution is 2.32. The van der Waals surface area contributed by atoms with Gasteiger partial charge in [-0.3, -0.25) is 14.4 Å². The van der Waals surface area contributed by atoms with E-state index < -0.39 is 5.92 Å². The highest BCUT2D eigenvalue weighted by atomic mass is 35.5. The average Bonchev–Trinajstić information content (AvgIpc) is 3.02. The maximum atomic E-state index is 13.2. The number of carbonyl (C=O) groups is 3. The molecule has 2 aromatic carbocycles. The van der Waals surface area contributed by atoms with Gasteiger partial charge in [-0.2, -0.15) is 0 Å². The number of carbonyl (C=O) groups excluding carboxylic acids is 3. The lowest BCUT2D eigenvalue weighted by atomic mass is 10.0. The summed E-state index contributed by atoms with van der Waals surface area (Å²) in [7, 11) is 0. The van der Waals surface area contributed by atoms with Crippen molar-refractivity contribution in [3.05, 3.63) is 60.7 Å². The maximum absolute atomic E-state index is 13.2. The molecule has 0 spiro atoms. The highest BCUT2D eigenvalue weighted by molar-refractivity contribution is 6.24. The van der Waals surface area contributed by atoms with Gasteiger partial charge in [-0.15, -0.1) is 0 Å². The minimum Gasteiger partial charge on any atom is -1.00 e. The largest absolute Gasteiger partial charge is 1.00 e. The Bertz CT molecular complexity index is 806. The molecular formula is C23H29ClN4O3. The number of benzene rings is 2. The first kappa shape index (κ1) is 24.4. The van der Waals surface area contributed by atoms with E-state index in [9.17, 15) is 14.4 Å². The van der Waals surface area contributed by atoms with E-state index in [0.29, 0.717) is 17.9 Å². The predicted molar refractivity (Wildman–Crippen MR) is 115 cm³/mol. The molecule has 1 heterocycles. The molecular weight excluding hydrogens is 416 g/mol. The van der Waals surface area contributed by atoms with Crippen LogP contribution < -0.4 is 33.5 Å². The van der Waals surface area contributed by atoms with Crippen LogP contribution in [0.15, 0.2) is 60.7 Å². The lowest BCUT2D eigenvalue weighted by molar-refractivity contribution is -0.368. The van der Waals surface area contributed by atoms with E-state index in [2.05, 4.69) is 11.1 Å². The number of quaternary nitrogens is 1. The Balaban J connectivity index is 0.00000341. The molecule has 1 aliphatic heterocycles. The monoisotopic (exact) mass is 444 g/mol. The van der Waals surface area contributed by atoms with Crippen LogP contribution in [0.1, 0.15) is 32.1 Å². The molecule has 0 unspecified atom stereocenters. The number of para-hydroxylation sites is 2. The topological polar surface area (TPSA) is 97.4 Å². The zero-order valence-corrected chi connectivity index (χ0v) is 18.3. The maximum Gasteiger partial charge on any atom is 0.259 e. The summed E-state index contributed by atoms with van der Waals surface area (Å²) in [6.45, 7) is 1.48. The average molecular weight is 445 g/mol. The molecule has 3 rings (SSSR count). The molecule has 0 aromatic heterocycles. The number of hydrogen-bond acceptors (Lipinski definition) is 3.